The molecule has 1 N–H and O–H groups in total. The van der Waals surface area contributed by atoms with Gasteiger partial charge in [0.15, 0.2) is 0 Å². The Morgan fingerprint density at radius 1 is 1.00 bits per heavy atom. The molecule has 0 aliphatic heterocycles. The fourth-order valence-corrected chi connectivity index (χ4v) is 2.28. The van der Waals surface area contributed by atoms with Crippen molar-refractivity contribution in [3.63, 3.8) is 0 Å². The monoisotopic (exact) mass is 263 g/mol. The highest BCUT2D eigenvalue weighted by atomic mass is 15.0. The number of unbranched alkanes of at least 4 members (excludes halogenated alkanes) is 5. The van der Waals surface area contributed by atoms with E-state index in [0.29, 0.717) is 6.04 Å². The number of rotatable bonds is 10. The SMILES string of the molecule is CCCCCCCCC(NCC)c1ncc(C)cn1. The van der Waals surface area contributed by atoms with Gasteiger partial charge in [0.05, 0.1) is 6.04 Å². The zero-order chi connectivity index (χ0) is 13.9. The summed E-state index contributed by atoms with van der Waals surface area (Å²) >= 11 is 0. The number of hydrogen-bond donors (Lipinski definition) is 1. The molecule has 1 unspecified atom stereocenters. The first-order valence-electron chi connectivity index (χ1n) is 7.79. The molecule has 1 rings (SSSR count). The second-order valence-corrected chi connectivity index (χ2v) is 5.29. The molecule has 0 spiro atoms. The van der Waals surface area contributed by atoms with Crippen molar-refractivity contribution in [3.8, 4) is 0 Å². The Hall–Kier alpha value is -0.960. The first-order chi connectivity index (χ1) is 9.27. The number of nitrogens with one attached hydrogen (secondary N) is 1. The molecule has 3 nitrogen and oxygen atoms in total. The van der Waals surface area contributed by atoms with Gasteiger partial charge >= 0.3 is 0 Å². The molecule has 0 saturated carbocycles. The first-order valence-corrected chi connectivity index (χ1v) is 7.79. The third-order valence-electron chi connectivity index (χ3n) is 3.41. The lowest BCUT2D eigenvalue weighted by atomic mass is 10.0. The van der Waals surface area contributed by atoms with Crippen molar-refractivity contribution in [1.29, 1.82) is 0 Å². The van der Waals surface area contributed by atoms with E-state index < -0.39 is 0 Å². The quantitative estimate of drug-likeness (QED) is 0.643. The van der Waals surface area contributed by atoms with Gasteiger partial charge in [0.2, 0.25) is 0 Å². The highest BCUT2D eigenvalue weighted by Crippen LogP contribution is 2.17. The summed E-state index contributed by atoms with van der Waals surface area (Å²) in [6.07, 6.45) is 13.0. The minimum Gasteiger partial charge on any atom is -0.308 e. The Balaban J connectivity index is 2.34. The number of aryl methyl sites for hydroxylation is 1. The molecule has 0 saturated heterocycles. The topological polar surface area (TPSA) is 37.8 Å². The van der Waals surface area contributed by atoms with E-state index >= 15 is 0 Å². The van der Waals surface area contributed by atoms with E-state index in [-0.39, 0.29) is 0 Å². The Morgan fingerprint density at radius 3 is 2.26 bits per heavy atom. The molecule has 3 heteroatoms. The second-order valence-electron chi connectivity index (χ2n) is 5.29. The van der Waals surface area contributed by atoms with Crippen molar-refractivity contribution in [2.24, 2.45) is 0 Å². The Morgan fingerprint density at radius 2 is 1.63 bits per heavy atom. The molecule has 0 aliphatic rings. The fraction of sp³-hybridized carbons (Fsp3) is 0.750. The Kier molecular flexibility index (Phi) is 8.39. The molecule has 1 atom stereocenters. The number of hydrogen-bond acceptors (Lipinski definition) is 3. The molecule has 1 heterocycles. The maximum Gasteiger partial charge on any atom is 0.145 e. The van der Waals surface area contributed by atoms with Gasteiger partial charge in [-0.3, -0.25) is 0 Å². The van der Waals surface area contributed by atoms with Crippen LogP contribution >= 0.6 is 0 Å². The van der Waals surface area contributed by atoms with E-state index in [9.17, 15) is 0 Å². The molecule has 0 amide bonds. The van der Waals surface area contributed by atoms with Gasteiger partial charge in [0, 0.05) is 12.4 Å². The van der Waals surface area contributed by atoms with E-state index in [1.165, 1.54) is 38.5 Å². The molecule has 0 aromatic carbocycles. The molecule has 0 bridgehead atoms. The minimum atomic E-state index is 0.316. The minimum absolute atomic E-state index is 0.316. The summed E-state index contributed by atoms with van der Waals surface area (Å²) in [5, 5.41) is 3.50. The normalized spacial score (nSPS) is 12.6. The summed E-state index contributed by atoms with van der Waals surface area (Å²) in [5.74, 6) is 0.945. The van der Waals surface area contributed by atoms with Crippen molar-refractivity contribution in [2.45, 2.75) is 71.8 Å². The van der Waals surface area contributed by atoms with Crippen LogP contribution in [0.2, 0.25) is 0 Å². The van der Waals surface area contributed by atoms with E-state index in [0.717, 1.165) is 24.4 Å². The smallest absolute Gasteiger partial charge is 0.145 e. The fourth-order valence-electron chi connectivity index (χ4n) is 2.28. The van der Waals surface area contributed by atoms with E-state index in [2.05, 4.69) is 29.1 Å². The van der Waals surface area contributed by atoms with Gasteiger partial charge < -0.3 is 5.32 Å². The summed E-state index contributed by atoms with van der Waals surface area (Å²) in [6, 6.07) is 0.316. The number of nitrogens with zero attached hydrogens (tertiary/aromatic N) is 2. The van der Waals surface area contributed by atoms with Crippen molar-refractivity contribution in [1.82, 2.24) is 15.3 Å². The molecule has 19 heavy (non-hydrogen) atoms. The average molecular weight is 263 g/mol. The van der Waals surface area contributed by atoms with Gasteiger partial charge in [-0.25, -0.2) is 9.97 Å². The third-order valence-corrected chi connectivity index (χ3v) is 3.41. The van der Waals surface area contributed by atoms with Crippen molar-refractivity contribution in [2.75, 3.05) is 6.54 Å². The van der Waals surface area contributed by atoms with Crippen molar-refractivity contribution >= 4 is 0 Å². The molecule has 0 fully saturated rings. The molecular weight excluding hydrogens is 234 g/mol. The average Bonchev–Trinajstić information content (AvgIpc) is 2.42. The lowest BCUT2D eigenvalue weighted by molar-refractivity contribution is 0.458. The summed E-state index contributed by atoms with van der Waals surface area (Å²) in [6.45, 7) is 7.40. The highest BCUT2D eigenvalue weighted by molar-refractivity contribution is 5.04. The predicted molar refractivity (Wildman–Crippen MR) is 81.2 cm³/mol. The van der Waals surface area contributed by atoms with Crippen LogP contribution < -0.4 is 5.32 Å². The van der Waals surface area contributed by atoms with Gasteiger partial charge in [-0.1, -0.05) is 52.4 Å². The van der Waals surface area contributed by atoms with Crippen molar-refractivity contribution < 1.29 is 0 Å². The number of aromatic nitrogens is 2. The van der Waals surface area contributed by atoms with E-state index in [1.807, 2.05) is 19.3 Å². The van der Waals surface area contributed by atoms with Crippen LogP contribution in [-0.4, -0.2) is 16.5 Å². The van der Waals surface area contributed by atoms with Crippen LogP contribution in [0.3, 0.4) is 0 Å². The lowest BCUT2D eigenvalue weighted by Gasteiger charge is -2.16. The third kappa shape index (κ3) is 6.67. The van der Waals surface area contributed by atoms with Crippen LogP contribution in [0.15, 0.2) is 12.4 Å². The van der Waals surface area contributed by atoms with E-state index in [4.69, 9.17) is 0 Å². The lowest BCUT2D eigenvalue weighted by Crippen LogP contribution is -2.23. The molecule has 1 aromatic rings. The predicted octanol–water partition coefficient (Wildman–Crippen LogP) is 4.19. The largest absolute Gasteiger partial charge is 0.308 e. The van der Waals surface area contributed by atoms with Gasteiger partial charge in [0.1, 0.15) is 5.82 Å². The van der Waals surface area contributed by atoms with Gasteiger partial charge in [-0.2, -0.15) is 0 Å². The second kappa shape index (κ2) is 9.90. The molecule has 108 valence electrons. The van der Waals surface area contributed by atoms with Crippen LogP contribution in [0.1, 0.15) is 76.2 Å². The van der Waals surface area contributed by atoms with Crippen LogP contribution in [0.25, 0.3) is 0 Å². The molecule has 0 aliphatic carbocycles. The van der Waals surface area contributed by atoms with Crippen LogP contribution in [0.5, 0.6) is 0 Å². The van der Waals surface area contributed by atoms with Crippen LogP contribution in [-0.2, 0) is 0 Å². The summed E-state index contributed by atoms with van der Waals surface area (Å²) in [5.41, 5.74) is 1.12. The molecule has 0 radical (unpaired) electrons. The molecule has 1 aromatic heterocycles. The Bertz CT molecular complexity index is 321. The zero-order valence-electron chi connectivity index (χ0n) is 12.8. The molecular formula is C16H29N3. The summed E-state index contributed by atoms with van der Waals surface area (Å²) in [7, 11) is 0. The van der Waals surface area contributed by atoms with Gasteiger partial charge in [-0.05, 0) is 25.5 Å². The summed E-state index contributed by atoms with van der Waals surface area (Å²) < 4.78 is 0. The zero-order valence-corrected chi connectivity index (χ0v) is 12.8. The van der Waals surface area contributed by atoms with Crippen molar-refractivity contribution in [3.05, 3.63) is 23.8 Å². The maximum absolute atomic E-state index is 4.45. The van der Waals surface area contributed by atoms with Gasteiger partial charge in [-0.15, -0.1) is 0 Å². The van der Waals surface area contributed by atoms with Gasteiger partial charge in [0.25, 0.3) is 0 Å². The van der Waals surface area contributed by atoms with Crippen LogP contribution in [0.4, 0.5) is 0 Å². The van der Waals surface area contributed by atoms with Crippen LogP contribution in [0, 0.1) is 6.92 Å². The van der Waals surface area contributed by atoms with E-state index in [1.54, 1.807) is 0 Å². The Labute approximate surface area is 118 Å². The summed E-state index contributed by atoms with van der Waals surface area (Å²) in [4.78, 5) is 8.90. The maximum atomic E-state index is 4.45. The standard InChI is InChI=1S/C16H29N3/c1-4-6-7-8-9-10-11-15(17-5-2)16-18-12-14(3)13-19-16/h12-13,15,17H,4-11H2,1-3H3. The first kappa shape index (κ1) is 16.1. The highest BCUT2D eigenvalue weighted by Gasteiger charge is 2.12.